The fourth-order valence-corrected chi connectivity index (χ4v) is 2.60. The van der Waals surface area contributed by atoms with E-state index in [0.29, 0.717) is 11.5 Å². The fraction of sp³-hybridized carbons (Fsp3) is 0.500. The first kappa shape index (κ1) is 13.4. The molecule has 0 aromatic heterocycles. The Kier molecular flexibility index (Phi) is 4.64. The van der Waals surface area contributed by atoms with Gasteiger partial charge in [-0.3, -0.25) is 4.79 Å². The summed E-state index contributed by atoms with van der Waals surface area (Å²) in [7, 11) is 0. The molecule has 0 heterocycles. The average Bonchev–Trinajstić information content (AvgIpc) is 2.40. The van der Waals surface area contributed by atoms with Crippen molar-refractivity contribution in [3.63, 3.8) is 0 Å². The van der Waals surface area contributed by atoms with Crippen LogP contribution in [0.25, 0.3) is 0 Å². The van der Waals surface area contributed by atoms with E-state index < -0.39 is 5.82 Å². The van der Waals surface area contributed by atoms with Crippen LogP contribution in [0, 0.1) is 11.7 Å². The van der Waals surface area contributed by atoms with Crippen LogP contribution in [0.2, 0.25) is 0 Å². The van der Waals surface area contributed by atoms with Gasteiger partial charge in [-0.05, 0) is 37.0 Å². The maximum Gasteiger partial charge on any atom is 0.251 e. The van der Waals surface area contributed by atoms with Crippen LogP contribution >= 0.6 is 12.6 Å². The van der Waals surface area contributed by atoms with Crippen molar-refractivity contribution in [3.05, 3.63) is 29.6 Å². The number of hydrogen-bond donors (Lipinski definition) is 2. The second-order valence-corrected chi connectivity index (χ2v) is 5.36. The van der Waals surface area contributed by atoms with Crippen molar-refractivity contribution in [1.29, 1.82) is 0 Å². The normalized spacial score (nSPS) is 16.6. The molecule has 0 aliphatic heterocycles. The lowest BCUT2D eigenvalue weighted by Crippen LogP contribution is -2.30. The van der Waals surface area contributed by atoms with Gasteiger partial charge in [-0.25, -0.2) is 4.39 Å². The van der Waals surface area contributed by atoms with Crippen molar-refractivity contribution >= 4 is 18.5 Å². The van der Waals surface area contributed by atoms with Gasteiger partial charge in [-0.2, -0.15) is 0 Å². The Labute approximate surface area is 112 Å². The molecule has 1 fully saturated rings. The van der Waals surface area contributed by atoms with E-state index in [4.69, 9.17) is 0 Å². The van der Waals surface area contributed by atoms with Crippen LogP contribution < -0.4 is 5.32 Å². The number of rotatable bonds is 3. The molecule has 1 N–H and O–H groups in total. The zero-order chi connectivity index (χ0) is 13.0. The van der Waals surface area contributed by atoms with Gasteiger partial charge in [0.05, 0.1) is 0 Å². The molecule has 0 bridgehead atoms. The number of halogens is 1. The van der Waals surface area contributed by atoms with Gasteiger partial charge in [0.25, 0.3) is 5.91 Å². The number of thiol groups is 1. The van der Waals surface area contributed by atoms with Gasteiger partial charge >= 0.3 is 0 Å². The molecule has 1 aromatic rings. The molecule has 0 radical (unpaired) electrons. The average molecular weight is 267 g/mol. The molecule has 2 rings (SSSR count). The number of benzene rings is 1. The maximum atomic E-state index is 13.0. The molecule has 18 heavy (non-hydrogen) atoms. The van der Waals surface area contributed by atoms with Crippen molar-refractivity contribution in [2.24, 2.45) is 5.92 Å². The quantitative estimate of drug-likeness (QED) is 0.807. The second kappa shape index (κ2) is 6.23. The molecule has 0 unspecified atom stereocenters. The van der Waals surface area contributed by atoms with Crippen LogP contribution in [0.15, 0.2) is 23.1 Å². The Morgan fingerprint density at radius 1 is 1.33 bits per heavy atom. The minimum Gasteiger partial charge on any atom is -0.352 e. The molecule has 1 amide bonds. The van der Waals surface area contributed by atoms with E-state index in [2.05, 4.69) is 17.9 Å². The summed E-state index contributed by atoms with van der Waals surface area (Å²) >= 11 is 3.98. The zero-order valence-electron chi connectivity index (χ0n) is 10.3. The van der Waals surface area contributed by atoms with Crippen LogP contribution in [-0.4, -0.2) is 12.5 Å². The summed E-state index contributed by atoms with van der Waals surface area (Å²) in [5, 5.41) is 2.92. The van der Waals surface area contributed by atoms with Gasteiger partial charge in [0.2, 0.25) is 0 Å². The highest BCUT2D eigenvalue weighted by molar-refractivity contribution is 7.80. The van der Waals surface area contributed by atoms with Crippen LogP contribution in [0.3, 0.4) is 0 Å². The summed E-state index contributed by atoms with van der Waals surface area (Å²) in [4.78, 5) is 12.1. The Balaban J connectivity index is 1.88. The Bertz CT molecular complexity index is 430. The van der Waals surface area contributed by atoms with Gasteiger partial charge in [0, 0.05) is 17.0 Å². The monoisotopic (exact) mass is 267 g/mol. The van der Waals surface area contributed by atoms with Crippen LogP contribution in [0.1, 0.15) is 42.5 Å². The first-order valence-electron chi connectivity index (χ1n) is 6.43. The van der Waals surface area contributed by atoms with Gasteiger partial charge < -0.3 is 5.32 Å². The molecule has 1 aromatic carbocycles. The topological polar surface area (TPSA) is 29.1 Å². The van der Waals surface area contributed by atoms with E-state index in [9.17, 15) is 9.18 Å². The highest BCUT2D eigenvalue weighted by Crippen LogP contribution is 2.23. The minimum absolute atomic E-state index is 0.143. The second-order valence-electron chi connectivity index (χ2n) is 4.88. The Morgan fingerprint density at radius 2 is 2.06 bits per heavy atom. The lowest BCUT2D eigenvalue weighted by atomic mass is 9.89. The highest BCUT2D eigenvalue weighted by Gasteiger charge is 2.15. The SMILES string of the molecule is O=C(NCC1CCCCC1)c1ccc(F)c(S)c1. The third kappa shape index (κ3) is 3.48. The number of nitrogens with one attached hydrogen (secondary N) is 1. The predicted octanol–water partition coefficient (Wildman–Crippen LogP) is 3.42. The molecule has 1 aliphatic rings. The lowest BCUT2D eigenvalue weighted by Gasteiger charge is -2.21. The van der Waals surface area contributed by atoms with Gasteiger partial charge in [-0.1, -0.05) is 19.3 Å². The molecule has 2 nitrogen and oxygen atoms in total. The molecule has 1 saturated carbocycles. The van der Waals surface area contributed by atoms with Crippen molar-refractivity contribution < 1.29 is 9.18 Å². The van der Waals surface area contributed by atoms with Gasteiger partial charge in [-0.15, -0.1) is 12.6 Å². The first-order chi connectivity index (χ1) is 8.66. The van der Waals surface area contributed by atoms with Crippen molar-refractivity contribution in [2.75, 3.05) is 6.54 Å². The summed E-state index contributed by atoms with van der Waals surface area (Å²) < 4.78 is 13.0. The number of carbonyl (C=O) groups is 1. The van der Waals surface area contributed by atoms with Crippen LogP contribution in [-0.2, 0) is 0 Å². The Morgan fingerprint density at radius 3 is 2.72 bits per heavy atom. The summed E-state index contributed by atoms with van der Waals surface area (Å²) in [6.45, 7) is 0.720. The number of hydrogen-bond acceptors (Lipinski definition) is 2. The molecular formula is C14H18FNOS. The summed E-state index contributed by atoms with van der Waals surface area (Å²) in [6, 6.07) is 4.23. The van der Waals surface area contributed by atoms with Crippen molar-refractivity contribution in [1.82, 2.24) is 5.32 Å². The van der Waals surface area contributed by atoms with Crippen molar-refractivity contribution in [3.8, 4) is 0 Å². The van der Waals surface area contributed by atoms with E-state index in [1.165, 1.54) is 50.3 Å². The largest absolute Gasteiger partial charge is 0.352 e. The summed E-state index contributed by atoms with van der Waals surface area (Å²) in [5.41, 5.74) is 0.470. The third-order valence-electron chi connectivity index (χ3n) is 3.48. The highest BCUT2D eigenvalue weighted by atomic mass is 32.1. The minimum atomic E-state index is -0.401. The van der Waals surface area contributed by atoms with Gasteiger partial charge in [0.1, 0.15) is 5.82 Å². The predicted molar refractivity (Wildman–Crippen MR) is 72.6 cm³/mol. The molecule has 98 valence electrons. The van der Waals surface area contributed by atoms with E-state index in [0.717, 1.165) is 6.54 Å². The van der Waals surface area contributed by atoms with Crippen LogP contribution in [0.4, 0.5) is 4.39 Å². The summed E-state index contributed by atoms with van der Waals surface area (Å²) in [5.74, 6) is 0.0525. The molecular weight excluding hydrogens is 249 g/mol. The molecule has 0 saturated heterocycles. The zero-order valence-corrected chi connectivity index (χ0v) is 11.2. The fourth-order valence-electron chi connectivity index (χ4n) is 2.38. The summed E-state index contributed by atoms with van der Waals surface area (Å²) in [6.07, 6.45) is 6.23. The lowest BCUT2D eigenvalue weighted by molar-refractivity contribution is 0.0943. The van der Waals surface area contributed by atoms with E-state index >= 15 is 0 Å². The van der Waals surface area contributed by atoms with Gasteiger partial charge in [0.15, 0.2) is 0 Å². The Hall–Kier alpha value is -1.03. The molecule has 0 spiro atoms. The molecule has 4 heteroatoms. The smallest absolute Gasteiger partial charge is 0.251 e. The first-order valence-corrected chi connectivity index (χ1v) is 6.88. The maximum absolute atomic E-state index is 13.0. The van der Waals surface area contributed by atoms with E-state index in [1.807, 2.05) is 0 Å². The number of amides is 1. The van der Waals surface area contributed by atoms with E-state index in [-0.39, 0.29) is 10.8 Å². The van der Waals surface area contributed by atoms with Crippen molar-refractivity contribution in [2.45, 2.75) is 37.0 Å². The third-order valence-corrected chi connectivity index (χ3v) is 3.83. The van der Waals surface area contributed by atoms with E-state index in [1.54, 1.807) is 0 Å². The molecule has 0 atom stereocenters. The standard InChI is InChI=1S/C14H18FNOS/c15-12-7-6-11(8-13(12)18)14(17)16-9-10-4-2-1-3-5-10/h6-8,10,18H,1-5,9H2,(H,16,17). The van der Waals surface area contributed by atoms with Crippen LogP contribution in [0.5, 0.6) is 0 Å². The number of carbonyl (C=O) groups excluding carboxylic acids is 1. The molecule has 1 aliphatic carbocycles.